The molecule has 0 heterocycles. The van der Waals surface area contributed by atoms with Crippen LogP contribution in [0.1, 0.15) is 18.4 Å². The van der Waals surface area contributed by atoms with Crippen molar-refractivity contribution in [2.45, 2.75) is 18.3 Å². The largest absolute Gasteiger partial charge is 0.319 e. The van der Waals surface area contributed by atoms with Crippen LogP contribution < -0.4 is 5.32 Å². The molecule has 1 aliphatic carbocycles. The Bertz CT molecular complexity index is 305. The van der Waals surface area contributed by atoms with Crippen molar-refractivity contribution in [2.24, 2.45) is 0 Å². The average molecular weight is 179 g/mol. The minimum Gasteiger partial charge on any atom is -0.319 e. The first-order valence-electron chi connectivity index (χ1n) is 4.67. The summed E-state index contributed by atoms with van der Waals surface area (Å²) in [7, 11) is 1.94. The zero-order valence-electron chi connectivity index (χ0n) is 7.81. The van der Waals surface area contributed by atoms with Crippen molar-refractivity contribution < 1.29 is 4.39 Å². The maximum Gasteiger partial charge on any atom is 0.123 e. The van der Waals surface area contributed by atoms with E-state index in [1.165, 1.54) is 18.9 Å². The van der Waals surface area contributed by atoms with Gasteiger partial charge in [0.2, 0.25) is 0 Å². The summed E-state index contributed by atoms with van der Waals surface area (Å²) in [6.45, 7) is 0.955. The summed E-state index contributed by atoms with van der Waals surface area (Å²) in [6.07, 6.45) is 2.36. The molecule has 0 bridgehead atoms. The monoisotopic (exact) mass is 179 g/mol. The maximum atomic E-state index is 12.9. The van der Waals surface area contributed by atoms with E-state index in [2.05, 4.69) is 5.32 Å². The third-order valence-electron chi connectivity index (χ3n) is 2.81. The number of hydrogen-bond acceptors (Lipinski definition) is 1. The lowest BCUT2D eigenvalue weighted by molar-refractivity contribution is 0.598. The summed E-state index contributed by atoms with van der Waals surface area (Å²) in [5.41, 5.74) is 1.37. The summed E-state index contributed by atoms with van der Waals surface area (Å²) in [4.78, 5) is 0. The quantitative estimate of drug-likeness (QED) is 0.749. The van der Waals surface area contributed by atoms with Gasteiger partial charge in [0, 0.05) is 12.0 Å². The van der Waals surface area contributed by atoms with Gasteiger partial charge in [0.1, 0.15) is 5.82 Å². The van der Waals surface area contributed by atoms with Crippen LogP contribution in [0.2, 0.25) is 0 Å². The lowest BCUT2D eigenvalue weighted by Crippen LogP contribution is -2.23. The minimum absolute atomic E-state index is 0.125. The number of halogens is 1. The number of benzene rings is 1. The van der Waals surface area contributed by atoms with Crippen LogP contribution in [0, 0.1) is 5.82 Å². The second kappa shape index (κ2) is 3.11. The molecular weight excluding hydrogens is 165 g/mol. The predicted octanol–water partition coefficient (Wildman–Crippen LogP) is 2.08. The predicted molar refractivity (Wildman–Crippen MR) is 51.2 cm³/mol. The molecule has 1 aromatic rings. The Morgan fingerprint density at radius 1 is 1.46 bits per heavy atom. The standard InChI is InChI=1S/C11H14FN/c1-13-8-11(5-6-11)9-3-2-4-10(12)7-9/h2-4,7,13H,5-6,8H2,1H3. The molecule has 1 nitrogen and oxygen atoms in total. The van der Waals surface area contributed by atoms with E-state index in [4.69, 9.17) is 0 Å². The van der Waals surface area contributed by atoms with Gasteiger partial charge in [-0.2, -0.15) is 0 Å². The van der Waals surface area contributed by atoms with Gasteiger partial charge in [-0.3, -0.25) is 0 Å². The SMILES string of the molecule is CNCC1(c2cccc(F)c2)CC1. The summed E-state index contributed by atoms with van der Waals surface area (Å²) in [5.74, 6) is -0.125. The highest BCUT2D eigenvalue weighted by molar-refractivity contribution is 5.32. The Kier molecular flexibility index (Phi) is 2.08. The van der Waals surface area contributed by atoms with Crippen LogP contribution in [-0.4, -0.2) is 13.6 Å². The molecule has 2 heteroatoms. The van der Waals surface area contributed by atoms with Crippen LogP contribution >= 0.6 is 0 Å². The Hall–Kier alpha value is -0.890. The molecule has 0 atom stereocenters. The molecule has 2 rings (SSSR count). The highest BCUT2D eigenvalue weighted by Gasteiger charge is 2.43. The van der Waals surface area contributed by atoms with Crippen LogP contribution in [-0.2, 0) is 5.41 Å². The van der Waals surface area contributed by atoms with Crippen molar-refractivity contribution >= 4 is 0 Å². The molecule has 1 fully saturated rings. The lowest BCUT2D eigenvalue weighted by atomic mass is 9.96. The van der Waals surface area contributed by atoms with Gasteiger partial charge >= 0.3 is 0 Å². The van der Waals surface area contributed by atoms with Gasteiger partial charge in [-0.15, -0.1) is 0 Å². The molecule has 70 valence electrons. The van der Waals surface area contributed by atoms with Crippen molar-refractivity contribution in [2.75, 3.05) is 13.6 Å². The minimum atomic E-state index is -0.125. The van der Waals surface area contributed by atoms with E-state index in [1.807, 2.05) is 13.1 Å². The molecule has 0 amide bonds. The van der Waals surface area contributed by atoms with Crippen molar-refractivity contribution in [3.63, 3.8) is 0 Å². The van der Waals surface area contributed by atoms with E-state index in [0.29, 0.717) is 0 Å². The van der Waals surface area contributed by atoms with E-state index in [-0.39, 0.29) is 11.2 Å². The zero-order chi connectivity index (χ0) is 9.31. The number of nitrogens with one attached hydrogen (secondary N) is 1. The van der Waals surface area contributed by atoms with Gasteiger partial charge in [-0.1, -0.05) is 12.1 Å². The molecular formula is C11H14FN. The molecule has 0 spiro atoms. The van der Waals surface area contributed by atoms with Gasteiger partial charge in [-0.05, 0) is 37.6 Å². The van der Waals surface area contributed by atoms with E-state index < -0.39 is 0 Å². The van der Waals surface area contributed by atoms with Crippen LogP contribution in [0.4, 0.5) is 4.39 Å². The van der Waals surface area contributed by atoms with Gasteiger partial charge in [-0.25, -0.2) is 4.39 Å². The Morgan fingerprint density at radius 2 is 2.23 bits per heavy atom. The molecule has 1 aliphatic rings. The molecule has 0 aliphatic heterocycles. The van der Waals surface area contributed by atoms with Gasteiger partial charge in [0.25, 0.3) is 0 Å². The van der Waals surface area contributed by atoms with E-state index >= 15 is 0 Å². The Morgan fingerprint density at radius 3 is 2.77 bits per heavy atom. The zero-order valence-corrected chi connectivity index (χ0v) is 7.81. The lowest BCUT2D eigenvalue weighted by Gasteiger charge is -2.14. The number of rotatable bonds is 3. The molecule has 0 unspecified atom stereocenters. The Labute approximate surface area is 78.0 Å². The summed E-state index contributed by atoms with van der Waals surface area (Å²) < 4.78 is 12.9. The smallest absolute Gasteiger partial charge is 0.123 e. The van der Waals surface area contributed by atoms with Crippen LogP contribution in [0.3, 0.4) is 0 Å². The molecule has 0 radical (unpaired) electrons. The van der Waals surface area contributed by atoms with E-state index in [0.717, 1.165) is 12.1 Å². The van der Waals surface area contributed by atoms with Gasteiger partial charge in [0.05, 0.1) is 0 Å². The van der Waals surface area contributed by atoms with E-state index in [9.17, 15) is 4.39 Å². The molecule has 0 aromatic heterocycles. The average Bonchev–Trinajstić information content (AvgIpc) is 2.86. The molecule has 1 saturated carbocycles. The fourth-order valence-corrected chi connectivity index (χ4v) is 1.88. The third kappa shape index (κ3) is 1.59. The Balaban J connectivity index is 2.25. The fraction of sp³-hybridized carbons (Fsp3) is 0.455. The topological polar surface area (TPSA) is 12.0 Å². The summed E-state index contributed by atoms with van der Waals surface area (Å²) >= 11 is 0. The first kappa shape index (κ1) is 8.70. The highest BCUT2D eigenvalue weighted by atomic mass is 19.1. The van der Waals surface area contributed by atoms with Crippen LogP contribution in [0.25, 0.3) is 0 Å². The number of hydrogen-bond donors (Lipinski definition) is 1. The second-order valence-corrected chi connectivity index (χ2v) is 3.82. The van der Waals surface area contributed by atoms with Crippen molar-refractivity contribution in [3.8, 4) is 0 Å². The van der Waals surface area contributed by atoms with Crippen molar-refractivity contribution in [3.05, 3.63) is 35.6 Å². The van der Waals surface area contributed by atoms with Crippen LogP contribution in [0.5, 0.6) is 0 Å². The maximum absolute atomic E-state index is 12.9. The van der Waals surface area contributed by atoms with Gasteiger partial charge < -0.3 is 5.32 Å². The van der Waals surface area contributed by atoms with Crippen molar-refractivity contribution in [1.29, 1.82) is 0 Å². The normalized spacial score (nSPS) is 18.6. The first-order chi connectivity index (χ1) is 6.27. The third-order valence-corrected chi connectivity index (χ3v) is 2.81. The highest BCUT2D eigenvalue weighted by Crippen LogP contribution is 2.47. The number of likely N-dealkylation sites (N-methyl/N-ethyl adjacent to an activating group) is 1. The van der Waals surface area contributed by atoms with Crippen LogP contribution in [0.15, 0.2) is 24.3 Å². The molecule has 0 saturated heterocycles. The molecule has 1 aromatic carbocycles. The molecule has 13 heavy (non-hydrogen) atoms. The summed E-state index contributed by atoms with van der Waals surface area (Å²) in [6, 6.07) is 6.97. The molecule has 1 N–H and O–H groups in total. The summed E-state index contributed by atoms with van der Waals surface area (Å²) in [5, 5.41) is 3.17. The van der Waals surface area contributed by atoms with E-state index in [1.54, 1.807) is 12.1 Å². The second-order valence-electron chi connectivity index (χ2n) is 3.82. The fourth-order valence-electron chi connectivity index (χ4n) is 1.88. The first-order valence-corrected chi connectivity index (χ1v) is 4.67. The van der Waals surface area contributed by atoms with Crippen molar-refractivity contribution in [1.82, 2.24) is 5.32 Å². The van der Waals surface area contributed by atoms with Gasteiger partial charge in [0.15, 0.2) is 0 Å².